The number of aryl methyl sites for hydroxylation is 1. The molecule has 0 bridgehead atoms. The first-order valence-electron chi connectivity index (χ1n) is 12.2. The lowest BCUT2D eigenvalue weighted by atomic mass is 9.97. The summed E-state index contributed by atoms with van der Waals surface area (Å²) in [5, 5.41) is 0.627. The van der Waals surface area contributed by atoms with Crippen molar-refractivity contribution in [3.63, 3.8) is 0 Å². The molecule has 2 unspecified atom stereocenters. The Labute approximate surface area is 225 Å². The van der Waals surface area contributed by atoms with E-state index in [4.69, 9.17) is 37.8 Å². The van der Waals surface area contributed by atoms with Gasteiger partial charge < -0.3 is 16.2 Å². The van der Waals surface area contributed by atoms with Gasteiger partial charge in [0.15, 0.2) is 5.82 Å². The van der Waals surface area contributed by atoms with Crippen LogP contribution in [0.4, 0.5) is 0 Å². The molecule has 0 radical (unpaired) electrons. The van der Waals surface area contributed by atoms with E-state index in [0.29, 0.717) is 23.9 Å². The van der Waals surface area contributed by atoms with Gasteiger partial charge in [-0.1, -0.05) is 41.9 Å². The number of hydrogen-bond acceptors (Lipinski definition) is 7. The summed E-state index contributed by atoms with van der Waals surface area (Å²) in [6.07, 6.45) is 4.10. The lowest BCUT2D eigenvalue weighted by Gasteiger charge is -2.21. The SMILES string of the molecule is CCOc1ccc(Cl)cc1-c1c(C)sc2c(C(N)C(N)Cc3ccccc3)nc(-c3ccncc3)nc12. The average Bonchev–Trinajstić information content (AvgIpc) is 3.25. The van der Waals surface area contributed by atoms with Gasteiger partial charge in [-0.05, 0) is 56.2 Å². The number of pyridine rings is 1. The Kier molecular flexibility index (Phi) is 7.48. The van der Waals surface area contributed by atoms with E-state index in [-0.39, 0.29) is 6.04 Å². The fourth-order valence-electron chi connectivity index (χ4n) is 4.48. The van der Waals surface area contributed by atoms with Crippen molar-refractivity contribution in [2.75, 3.05) is 6.61 Å². The van der Waals surface area contributed by atoms with Gasteiger partial charge in [-0.25, -0.2) is 9.97 Å². The summed E-state index contributed by atoms with van der Waals surface area (Å²) in [6.45, 7) is 4.58. The number of rotatable bonds is 8. The normalized spacial score (nSPS) is 13.0. The Morgan fingerprint density at radius 3 is 2.49 bits per heavy atom. The quantitative estimate of drug-likeness (QED) is 0.243. The van der Waals surface area contributed by atoms with E-state index in [1.54, 1.807) is 23.7 Å². The van der Waals surface area contributed by atoms with Crippen molar-refractivity contribution in [1.29, 1.82) is 0 Å². The van der Waals surface area contributed by atoms with Crippen LogP contribution in [0.3, 0.4) is 0 Å². The van der Waals surface area contributed by atoms with Crippen LogP contribution in [-0.4, -0.2) is 27.6 Å². The molecule has 4 N–H and O–H groups in total. The van der Waals surface area contributed by atoms with Crippen LogP contribution in [0.15, 0.2) is 73.1 Å². The summed E-state index contributed by atoms with van der Waals surface area (Å²) in [5.74, 6) is 1.33. The van der Waals surface area contributed by atoms with Crippen molar-refractivity contribution in [3.05, 3.63) is 94.2 Å². The number of halogens is 1. The zero-order valence-electron chi connectivity index (χ0n) is 20.7. The molecule has 5 aromatic rings. The number of benzene rings is 2. The van der Waals surface area contributed by atoms with E-state index in [1.807, 2.05) is 55.5 Å². The largest absolute Gasteiger partial charge is 0.493 e. The number of hydrogen-bond donors (Lipinski definition) is 2. The van der Waals surface area contributed by atoms with E-state index in [1.165, 1.54) is 0 Å². The van der Waals surface area contributed by atoms with Crippen LogP contribution in [0.1, 0.15) is 29.1 Å². The third kappa shape index (κ3) is 5.22. The second-order valence-corrected chi connectivity index (χ2v) is 10.5. The second-order valence-electron chi connectivity index (χ2n) is 8.83. The predicted octanol–water partition coefficient (Wildman–Crippen LogP) is 6.35. The molecule has 0 fully saturated rings. The second kappa shape index (κ2) is 10.9. The van der Waals surface area contributed by atoms with Crippen LogP contribution in [0.5, 0.6) is 5.75 Å². The molecule has 188 valence electrons. The fraction of sp³-hybridized carbons (Fsp3) is 0.207. The molecule has 0 aliphatic carbocycles. The molecule has 3 heterocycles. The maximum absolute atomic E-state index is 6.83. The minimum atomic E-state index is -0.497. The van der Waals surface area contributed by atoms with Crippen LogP contribution >= 0.6 is 22.9 Å². The van der Waals surface area contributed by atoms with Gasteiger partial charge in [0, 0.05) is 45.0 Å². The van der Waals surface area contributed by atoms with Gasteiger partial charge in [0.05, 0.1) is 28.6 Å². The lowest BCUT2D eigenvalue weighted by molar-refractivity contribution is 0.341. The van der Waals surface area contributed by atoms with E-state index in [0.717, 1.165) is 48.8 Å². The lowest BCUT2D eigenvalue weighted by Crippen LogP contribution is -2.36. The highest BCUT2D eigenvalue weighted by molar-refractivity contribution is 7.19. The number of thiophene rings is 1. The summed E-state index contributed by atoms with van der Waals surface area (Å²) in [6, 6.07) is 18.8. The van der Waals surface area contributed by atoms with Crippen molar-refractivity contribution in [3.8, 4) is 28.3 Å². The van der Waals surface area contributed by atoms with Crippen molar-refractivity contribution < 1.29 is 4.74 Å². The molecule has 0 spiro atoms. The van der Waals surface area contributed by atoms with E-state index in [2.05, 4.69) is 24.0 Å². The number of nitrogens with two attached hydrogens (primary N) is 2. The van der Waals surface area contributed by atoms with Crippen LogP contribution < -0.4 is 16.2 Å². The Hall–Kier alpha value is -3.36. The fourth-order valence-corrected chi connectivity index (χ4v) is 5.79. The summed E-state index contributed by atoms with van der Waals surface area (Å²) in [5.41, 5.74) is 18.9. The first-order valence-corrected chi connectivity index (χ1v) is 13.3. The summed E-state index contributed by atoms with van der Waals surface area (Å²) < 4.78 is 6.89. The van der Waals surface area contributed by atoms with Gasteiger partial charge in [-0.3, -0.25) is 4.98 Å². The zero-order valence-corrected chi connectivity index (χ0v) is 22.3. The van der Waals surface area contributed by atoms with Crippen LogP contribution in [0.2, 0.25) is 5.02 Å². The van der Waals surface area contributed by atoms with Gasteiger partial charge >= 0.3 is 0 Å². The monoisotopic (exact) mass is 529 g/mol. The first-order chi connectivity index (χ1) is 18.0. The first kappa shape index (κ1) is 25.3. The molecule has 6 nitrogen and oxygen atoms in total. The molecule has 0 saturated heterocycles. The molecule has 0 aliphatic rings. The summed E-state index contributed by atoms with van der Waals surface area (Å²) in [7, 11) is 0. The molecule has 0 aliphatic heterocycles. The molecule has 0 amide bonds. The Balaban J connectivity index is 1.71. The smallest absolute Gasteiger partial charge is 0.160 e. The molecule has 8 heteroatoms. The number of fused-ring (bicyclic) bond motifs is 1. The van der Waals surface area contributed by atoms with Crippen molar-refractivity contribution in [1.82, 2.24) is 15.0 Å². The van der Waals surface area contributed by atoms with Crippen molar-refractivity contribution in [2.24, 2.45) is 11.5 Å². The Morgan fingerprint density at radius 2 is 1.76 bits per heavy atom. The van der Waals surface area contributed by atoms with Gasteiger partial charge in [0.25, 0.3) is 0 Å². The van der Waals surface area contributed by atoms with Gasteiger partial charge in [-0.2, -0.15) is 0 Å². The molecule has 5 rings (SSSR count). The minimum absolute atomic E-state index is 0.332. The van der Waals surface area contributed by atoms with Crippen molar-refractivity contribution in [2.45, 2.75) is 32.4 Å². The molecule has 2 aromatic carbocycles. The van der Waals surface area contributed by atoms with Crippen LogP contribution in [-0.2, 0) is 6.42 Å². The van der Waals surface area contributed by atoms with E-state index < -0.39 is 6.04 Å². The topological polar surface area (TPSA) is 99.9 Å². The van der Waals surface area contributed by atoms with Crippen LogP contribution in [0, 0.1) is 6.92 Å². The molecule has 2 atom stereocenters. The number of nitrogens with zero attached hydrogens (tertiary/aromatic N) is 3. The Bertz CT molecular complexity index is 1520. The van der Waals surface area contributed by atoms with Gasteiger partial charge in [0.1, 0.15) is 5.75 Å². The third-order valence-electron chi connectivity index (χ3n) is 6.28. The molecule has 37 heavy (non-hydrogen) atoms. The standard InChI is InChI=1S/C29H28ClN5OS/c1-3-36-23-10-9-20(30)16-21(23)24-17(2)37-28-26(24)34-29(19-11-13-33-14-12-19)35-27(28)25(32)22(31)15-18-7-5-4-6-8-18/h4-14,16,22,25H,3,15,31-32H2,1-2H3. The minimum Gasteiger partial charge on any atom is -0.493 e. The zero-order chi connectivity index (χ0) is 25.9. The summed E-state index contributed by atoms with van der Waals surface area (Å²) in [4.78, 5) is 15.2. The highest BCUT2D eigenvalue weighted by atomic mass is 35.5. The Morgan fingerprint density at radius 1 is 1.00 bits per heavy atom. The molecular formula is C29H28ClN5OS. The van der Waals surface area contributed by atoms with Gasteiger partial charge in [0.2, 0.25) is 0 Å². The van der Waals surface area contributed by atoms with Crippen LogP contribution in [0.25, 0.3) is 32.7 Å². The number of aromatic nitrogens is 3. The third-order valence-corrected chi connectivity index (χ3v) is 7.63. The highest BCUT2D eigenvalue weighted by Crippen LogP contribution is 2.44. The number of ether oxygens (including phenoxy) is 1. The maximum Gasteiger partial charge on any atom is 0.160 e. The van der Waals surface area contributed by atoms with E-state index in [9.17, 15) is 0 Å². The van der Waals surface area contributed by atoms with Crippen molar-refractivity contribution >= 4 is 33.2 Å². The molecule has 0 saturated carbocycles. The highest BCUT2D eigenvalue weighted by Gasteiger charge is 2.26. The van der Waals surface area contributed by atoms with Gasteiger partial charge in [-0.15, -0.1) is 11.3 Å². The molecule has 3 aromatic heterocycles. The average molecular weight is 530 g/mol. The molecular weight excluding hydrogens is 502 g/mol. The van der Waals surface area contributed by atoms with E-state index >= 15 is 0 Å². The summed E-state index contributed by atoms with van der Waals surface area (Å²) >= 11 is 8.05. The maximum atomic E-state index is 6.83. The predicted molar refractivity (Wildman–Crippen MR) is 152 cm³/mol.